The van der Waals surface area contributed by atoms with Crippen LogP contribution in [0.15, 0.2) is 18.2 Å². The third-order valence-electron chi connectivity index (χ3n) is 4.03. The van der Waals surface area contributed by atoms with Crippen LogP contribution in [-0.4, -0.2) is 68.0 Å². The van der Waals surface area contributed by atoms with Crippen LogP contribution in [0.2, 0.25) is 0 Å². The van der Waals surface area contributed by atoms with E-state index < -0.39 is 6.04 Å². The van der Waals surface area contributed by atoms with Crippen LogP contribution < -0.4 is 20.3 Å². The molecule has 0 saturated carbocycles. The highest BCUT2D eigenvalue weighted by atomic mass is 16.5. The first-order valence-corrected chi connectivity index (χ1v) is 7.73. The molecule has 132 valence electrons. The van der Waals surface area contributed by atoms with Gasteiger partial charge in [0.25, 0.3) is 5.91 Å². The quantitative estimate of drug-likeness (QED) is 0.536. The highest BCUT2D eigenvalue weighted by molar-refractivity contribution is 5.95. The van der Waals surface area contributed by atoms with E-state index in [1.165, 1.54) is 0 Å². The largest absolute Gasteiger partial charge is 0.489 e. The molecule has 8 nitrogen and oxygen atoms in total. The number of ether oxygens (including phenoxy) is 1. The molecular formula is C16H23N3O5. The molecule has 0 spiro atoms. The molecule has 1 unspecified atom stereocenters. The molecule has 8 heteroatoms. The Bertz CT molecular complexity index is 603. The van der Waals surface area contributed by atoms with Crippen LogP contribution in [-0.2, 0) is 4.79 Å². The van der Waals surface area contributed by atoms with E-state index in [0.717, 1.165) is 5.69 Å². The Morgan fingerprint density at radius 1 is 1.38 bits per heavy atom. The van der Waals surface area contributed by atoms with Crippen molar-refractivity contribution >= 4 is 17.5 Å². The minimum atomic E-state index is -0.667. The van der Waals surface area contributed by atoms with E-state index >= 15 is 0 Å². The molecule has 4 N–H and O–H groups in total. The lowest BCUT2D eigenvalue weighted by molar-refractivity contribution is -0.123. The van der Waals surface area contributed by atoms with Crippen molar-refractivity contribution in [2.75, 3.05) is 38.8 Å². The summed E-state index contributed by atoms with van der Waals surface area (Å²) in [5.41, 5.74) is 1.25. The summed E-state index contributed by atoms with van der Waals surface area (Å²) in [6, 6.07) is 4.27. The summed E-state index contributed by atoms with van der Waals surface area (Å²) in [6.45, 7) is -0.311. The Hall–Kier alpha value is -2.32. The molecule has 2 rings (SSSR count). The predicted molar refractivity (Wildman–Crippen MR) is 88.2 cm³/mol. The van der Waals surface area contributed by atoms with Crippen LogP contribution >= 0.6 is 0 Å². The number of hydrogen-bond acceptors (Lipinski definition) is 6. The number of aliphatic hydroxyl groups excluding tert-OH is 2. The first-order valence-electron chi connectivity index (χ1n) is 7.73. The van der Waals surface area contributed by atoms with Crippen molar-refractivity contribution in [2.45, 2.75) is 18.5 Å². The number of amides is 2. The molecule has 0 bridgehead atoms. The molecular weight excluding hydrogens is 314 g/mol. The summed E-state index contributed by atoms with van der Waals surface area (Å²) in [5, 5.41) is 23.2. The second-order valence-electron chi connectivity index (χ2n) is 5.67. The second-order valence-corrected chi connectivity index (χ2v) is 5.67. The van der Waals surface area contributed by atoms with Crippen molar-refractivity contribution in [1.29, 1.82) is 0 Å². The van der Waals surface area contributed by atoms with Crippen LogP contribution in [0.4, 0.5) is 5.69 Å². The maximum atomic E-state index is 12.0. The van der Waals surface area contributed by atoms with Gasteiger partial charge in [0, 0.05) is 19.7 Å². The third-order valence-corrected chi connectivity index (χ3v) is 4.03. The summed E-state index contributed by atoms with van der Waals surface area (Å²) in [4.78, 5) is 25.7. The van der Waals surface area contributed by atoms with Gasteiger partial charge in [-0.3, -0.25) is 9.59 Å². The number of rotatable bonds is 6. The molecule has 1 aromatic carbocycles. The van der Waals surface area contributed by atoms with Gasteiger partial charge < -0.3 is 30.5 Å². The summed E-state index contributed by atoms with van der Waals surface area (Å²) < 4.78 is 5.68. The second kappa shape index (κ2) is 7.98. The van der Waals surface area contributed by atoms with Gasteiger partial charge in [0.1, 0.15) is 12.4 Å². The average Bonchev–Trinajstić information content (AvgIpc) is 2.61. The molecule has 0 saturated heterocycles. The summed E-state index contributed by atoms with van der Waals surface area (Å²) >= 11 is 0. The number of hydrogen-bond donors (Lipinski definition) is 4. The normalized spacial score (nSPS) is 16.4. The minimum absolute atomic E-state index is 0.149. The lowest BCUT2D eigenvalue weighted by atomic mass is 10.1. The number of nitrogens with one attached hydrogen (secondary N) is 2. The number of likely N-dealkylation sites (N-methyl/N-ethyl adjacent to an activating group) is 1. The van der Waals surface area contributed by atoms with Crippen molar-refractivity contribution in [3.63, 3.8) is 0 Å². The Labute approximate surface area is 140 Å². The molecule has 1 aliphatic rings. The zero-order chi connectivity index (χ0) is 17.7. The van der Waals surface area contributed by atoms with Gasteiger partial charge in [-0.05, 0) is 18.2 Å². The van der Waals surface area contributed by atoms with Crippen molar-refractivity contribution in [1.82, 2.24) is 10.6 Å². The van der Waals surface area contributed by atoms with E-state index in [0.29, 0.717) is 17.9 Å². The molecule has 0 radical (unpaired) electrons. The van der Waals surface area contributed by atoms with Crippen molar-refractivity contribution < 1.29 is 24.5 Å². The fourth-order valence-electron chi connectivity index (χ4n) is 2.54. The Balaban J connectivity index is 2.09. The predicted octanol–water partition coefficient (Wildman–Crippen LogP) is -0.897. The number of carbonyl (C=O) groups is 2. The maximum absolute atomic E-state index is 12.0. The van der Waals surface area contributed by atoms with Gasteiger partial charge in [-0.2, -0.15) is 0 Å². The van der Waals surface area contributed by atoms with Crippen LogP contribution in [0, 0.1) is 0 Å². The van der Waals surface area contributed by atoms with E-state index in [-0.39, 0.29) is 37.5 Å². The molecule has 2 amide bonds. The van der Waals surface area contributed by atoms with E-state index in [4.69, 9.17) is 14.9 Å². The van der Waals surface area contributed by atoms with Gasteiger partial charge in [0.15, 0.2) is 0 Å². The molecule has 0 fully saturated rings. The van der Waals surface area contributed by atoms with E-state index in [1.54, 1.807) is 25.2 Å². The molecule has 0 aromatic heterocycles. The van der Waals surface area contributed by atoms with Gasteiger partial charge in [0.05, 0.1) is 37.4 Å². The van der Waals surface area contributed by atoms with Crippen molar-refractivity contribution in [2.24, 2.45) is 0 Å². The summed E-state index contributed by atoms with van der Waals surface area (Å²) in [7, 11) is 3.40. The third kappa shape index (κ3) is 3.95. The lowest BCUT2D eigenvalue weighted by Gasteiger charge is -2.36. The topological polar surface area (TPSA) is 111 Å². The Kier molecular flexibility index (Phi) is 5.99. The van der Waals surface area contributed by atoms with Crippen molar-refractivity contribution in [3.8, 4) is 5.75 Å². The molecule has 1 heterocycles. The Morgan fingerprint density at radius 2 is 2.08 bits per heavy atom. The molecule has 0 aliphatic carbocycles. The highest BCUT2D eigenvalue weighted by Gasteiger charge is 2.28. The number of anilines is 1. The van der Waals surface area contributed by atoms with Crippen molar-refractivity contribution in [3.05, 3.63) is 23.8 Å². The van der Waals surface area contributed by atoms with E-state index in [9.17, 15) is 9.59 Å². The van der Waals surface area contributed by atoms with Crippen LogP contribution in [0.1, 0.15) is 16.8 Å². The molecule has 24 heavy (non-hydrogen) atoms. The average molecular weight is 337 g/mol. The number of nitrogens with zero attached hydrogens (tertiary/aromatic N) is 1. The van der Waals surface area contributed by atoms with Gasteiger partial charge in [-0.1, -0.05) is 0 Å². The number of fused-ring (bicyclic) bond motifs is 1. The summed E-state index contributed by atoms with van der Waals surface area (Å²) in [6.07, 6.45) is 0.149. The minimum Gasteiger partial charge on any atom is -0.489 e. The lowest BCUT2D eigenvalue weighted by Crippen LogP contribution is -2.47. The first-order chi connectivity index (χ1) is 11.5. The van der Waals surface area contributed by atoms with Gasteiger partial charge in [-0.25, -0.2) is 0 Å². The van der Waals surface area contributed by atoms with Crippen LogP contribution in [0.25, 0.3) is 0 Å². The van der Waals surface area contributed by atoms with Crippen LogP contribution in [0.5, 0.6) is 5.75 Å². The Morgan fingerprint density at radius 3 is 2.71 bits per heavy atom. The van der Waals surface area contributed by atoms with Gasteiger partial charge >= 0.3 is 0 Å². The highest BCUT2D eigenvalue weighted by Crippen LogP contribution is 2.34. The summed E-state index contributed by atoms with van der Waals surface area (Å²) in [5.74, 6) is 0.180. The van der Waals surface area contributed by atoms with Gasteiger partial charge in [0.2, 0.25) is 5.91 Å². The SMILES string of the molecule is CNC(=O)c1ccc2c(c1)N(C)C(CC(=O)NC(CO)CO)CO2. The molecule has 1 aliphatic heterocycles. The first kappa shape index (κ1) is 18.0. The smallest absolute Gasteiger partial charge is 0.251 e. The van der Waals surface area contributed by atoms with E-state index in [1.807, 2.05) is 11.9 Å². The standard InChI is InChI=1S/C16H23N3O5/c1-17-16(23)10-3-4-14-13(5-10)19(2)12(9-24-14)6-15(22)18-11(7-20)8-21/h3-5,11-12,20-21H,6-9H2,1-2H3,(H,17,23)(H,18,22). The monoisotopic (exact) mass is 337 g/mol. The fourth-order valence-corrected chi connectivity index (χ4v) is 2.54. The maximum Gasteiger partial charge on any atom is 0.251 e. The van der Waals surface area contributed by atoms with Crippen LogP contribution in [0.3, 0.4) is 0 Å². The number of aliphatic hydroxyl groups is 2. The zero-order valence-corrected chi connectivity index (χ0v) is 13.8. The molecule has 1 aromatic rings. The number of carbonyl (C=O) groups excluding carboxylic acids is 2. The fraction of sp³-hybridized carbons (Fsp3) is 0.500. The number of benzene rings is 1. The zero-order valence-electron chi connectivity index (χ0n) is 13.8. The molecule has 1 atom stereocenters. The van der Waals surface area contributed by atoms with Gasteiger partial charge in [-0.15, -0.1) is 0 Å². The van der Waals surface area contributed by atoms with E-state index in [2.05, 4.69) is 10.6 Å².